The number of ether oxygens (including phenoxy) is 1. The number of amides is 1. The van der Waals surface area contributed by atoms with Gasteiger partial charge in [0, 0.05) is 20.9 Å². The van der Waals surface area contributed by atoms with Crippen molar-refractivity contribution in [2.45, 2.75) is 0 Å². The van der Waals surface area contributed by atoms with Gasteiger partial charge in [0.25, 0.3) is 5.91 Å². The number of hydrogen-bond donors (Lipinski definition) is 2. The van der Waals surface area contributed by atoms with E-state index in [0.717, 1.165) is 3.57 Å². The lowest BCUT2D eigenvalue weighted by Crippen LogP contribution is -2.13. The molecule has 0 unspecified atom stereocenters. The van der Waals surface area contributed by atoms with Crippen molar-refractivity contribution in [1.29, 1.82) is 0 Å². The molecule has 2 aromatic rings. The summed E-state index contributed by atoms with van der Waals surface area (Å²) < 4.78 is 6.24. The molecular formula is C14H12ClIN2O2. The molecule has 0 bridgehead atoms. The molecular weight excluding hydrogens is 391 g/mol. The van der Waals surface area contributed by atoms with Crippen molar-refractivity contribution in [1.82, 2.24) is 0 Å². The Labute approximate surface area is 135 Å². The summed E-state index contributed by atoms with van der Waals surface area (Å²) in [4.78, 5) is 12.2. The van der Waals surface area contributed by atoms with E-state index in [1.165, 1.54) is 7.11 Å². The van der Waals surface area contributed by atoms with Gasteiger partial charge >= 0.3 is 0 Å². The standard InChI is InChI=1S/C14H12ClIN2O2/c1-20-12-7-10(17)6-11(15)13(12)18-14(19)8-2-4-9(16)5-3-8/h2-7H,17H2,1H3,(H,18,19). The lowest BCUT2D eigenvalue weighted by Gasteiger charge is -2.13. The van der Waals surface area contributed by atoms with Gasteiger partial charge in [0.1, 0.15) is 11.4 Å². The van der Waals surface area contributed by atoms with Gasteiger partial charge in [-0.15, -0.1) is 0 Å². The second kappa shape index (κ2) is 6.32. The zero-order valence-electron chi connectivity index (χ0n) is 10.6. The lowest BCUT2D eigenvalue weighted by molar-refractivity contribution is 0.102. The van der Waals surface area contributed by atoms with Gasteiger partial charge in [-0.2, -0.15) is 0 Å². The van der Waals surface area contributed by atoms with Crippen molar-refractivity contribution in [3.8, 4) is 5.75 Å². The predicted octanol–water partition coefficient (Wildman–Crippen LogP) is 3.79. The van der Waals surface area contributed by atoms with E-state index in [1.807, 2.05) is 12.1 Å². The number of carbonyl (C=O) groups is 1. The van der Waals surface area contributed by atoms with Crippen molar-refractivity contribution in [3.05, 3.63) is 50.6 Å². The van der Waals surface area contributed by atoms with Crippen LogP contribution in [-0.4, -0.2) is 13.0 Å². The van der Waals surface area contributed by atoms with Gasteiger partial charge in [-0.3, -0.25) is 4.79 Å². The van der Waals surface area contributed by atoms with Crippen LogP contribution in [0.2, 0.25) is 5.02 Å². The molecule has 0 spiro atoms. The molecule has 20 heavy (non-hydrogen) atoms. The Kier molecular flexibility index (Phi) is 4.72. The molecule has 0 aromatic heterocycles. The van der Waals surface area contributed by atoms with Crippen LogP contribution in [0, 0.1) is 3.57 Å². The number of halogens is 2. The van der Waals surface area contributed by atoms with Gasteiger partial charge in [0.15, 0.2) is 0 Å². The molecule has 6 heteroatoms. The highest BCUT2D eigenvalue weighted by Gasteiger charge is 2.14. The molecule has 0 saturated heterocycles. The van der Waals surface area contributed by atoms with E-state index in [4.69, 9.17) is 22.1 Å². The number of benzene rings is 2. The molecule has 0 aliphatic rings. The summed E-state index contributed by atoms with van der Waals surface area (Å²) in [5.41, 5.74) is 7.11. The second-order valence-corrected chi connectivity index (χ2v) is 5.69. The molecule has 0 aliphatic carbocycles. The molecule has 2 aromatic carbocycles. The molecule has 3 N–H and O–H groups in total. The Morgan fingerprint density at radius 2 is 1.95 bits per heavy atom. The van der Waals surface area contributed by atoms with Crippen LogP contribution in [0.3, 0.4) is 0 Å². The molecule has 1 amide bonds. The fourth-order valence-corrected chi connectivity index (χ4v) is 2.30. The number of carbonyl (C=O) groups excluding carboxylic acids is 1. The fourth-order valence-electron chi connectivity index (χ4n) is 1.67. The van der Waals surface area contributed by atoms with Crippen molar-refractivity contribution >= 4 is 51.5 Å². The Morgan fingerprint density at radius 3 is 2.55 bits per heavy atom. The van der Waals surface area contributed by atoms with Crippen LogP contribution < -0.4 is 15.8 Å². The molecule has 104 valence electrons. The summed E-state index contributed by atoms with van der Waals surface area (Å²) in [5, 5.41) is 3.07. The first kappa shape index (κ1) is 14.9. The van der Waals surface area contributed by atoms with Crippen LogP contribution in [0.5, 0.6) is 5.75 Å². The highest BCUT2D eigenvalue weighted by Crippen LogP contribution is 2.35. The number of nitrogens with one attached hydrogen (secondary N) is 1. The summed E-state index contributed by atoms with van der Waals surface area (Å²) in [7, 11) is 1.49. The Hall–Kier alpha value is -1.47. The molecule has 0 fully saturated rings. The van der Waals surface area contributed by atoms with Gasteiger partial charge in [-0.05, 0) is 52.9 Å². The number of nitrogens with two attached hydrogens (primary N) is 1. The smallest absolute Gasteiger partial charge is 0.255 e. The normalized spacial score (nSPS) is 10.2. The van der Waals surface area contributed by atoms with Crippen LogP contribution in [-0.2, 0) is 0 Å². The monoisotopic (exact) mass is 402 g/mol. The minimum atomic E-state index is -0.258. The SMILES string of the molecule is COc1cc(N)cc(Cl)c1NC(=O)c1ccc(I)cc1. The first-order valence-corrected chi connectivity index (χ1v) is 7.17. The third-order valence-corrected chi connectivity index (χ3v) is 3.66. The Balaban J connectivity index is 2.30. The maximum atomic E-state index is 12.2. The number of hydrogen-bond acceptors (Lipinski definition) is 3. The van der Waals surface area contributed by atoms with E-state index in [0.29, 0.717) is 27.7 Å². The zero-order chi connectivity index (χ0) is 14.7. The van der Waals surface area contributed by atoms with Crippen LogP contribution >= 0.6 is 34.2 Å². The first-order chi connectivity index (χ1) is 9.51. The van der Waals surface area contributed by atoms with E-state index in [9.17, 15) is 4.79 Å². The van der Waals surface area contributed by atoms with Crippen molar-refractivity contribution in [2.24, 2.45) is 0 Å². The highest BCUT2D eigenvalue weighted by molar-refractivity contribution is 14.1. The van der Waals surface area contributed by atoms with Gasteiger partial charge in [0.05, 0.1) is 12.1 Å². The Bertz CT molecular complexity index is 644. The summed E-state index contributed by atoms with van der Waals surface area (Å²) in [6, 6.07) is 10.4. The third-order valence-electron chi connectivity index (χ3n) is 2.64. The average molecular weight is 403 g/mol. The molecule has 4 nitrogen and oxygen atoms in total. The van der Waals surface area contributed by atoms with Crippen LogP contribution in [0.15, 0.2) is 36.4 Å². The molecule has 0 heterocycles. The van der Waals surface area contributed by atoms with Gasteiger partial charge in [-0.1, -0.05) is 11.6 Å². The quantitative estimate of drug-likeness (QED) is 0.606. The van der Waals surface area contributed by atoms with E-state index in [2.05, 4.69) is 27.9 Å². The molecule has 0 radical (unpaired) electrons. The summed E-state index contributed by atoms with van der Waals surface area (Å²) in [6.07, 6.45) is 0. The molecule has 0 aliphatic heterocycles. The first-order valence-electron chi connectivity index (χ1n) is 5.71. The number of rotatable bonds is 3. The van der Waals surface area contributed by atoms with E-state index >= 15 is 0 Å². The van der Waals surface area contributed by atoms with Gasteiger partial charge in [0.2, 0.25) is 0 Å². The number of anilines is 2. The number of methoxy groups -OCH3 is 1. The van der Waals surface area contributed by atoms with Crippen molar-refractivity contribution in [3.63, 3.8) is 0 Å². The molecule has 0 atom stereocenters. The summed E-state index contributed by atoms with van der Waals surface area (Å²) >= 11 is 8.27. The van der Waals surface area contributed by atoms with E-state index in [1.54, 1.807) is 24.3 Å². The van der Waals surface area contributed by atoms with Gasteiger partial charge in [-0.25, -0.2) is 0 Å². The third kappa shape index (κ3) is 3.34. The van der Waals surface area contributed by atoms with Gasteiger partial charge < -0.3 is 15.8 Å². The predicted molar refractivity (Wildman–Crippen MR) is 89.5 cm³/mol. The maximum Gasteiger partial charge on any atom is 0.255 e. The second-order valence-electron chi connectivity index (χ2n) is 4.04. The topological polar surface area (TPSA) is 64.3 Å². The fraction of sp³-hybridized carbons (Fsp3) is 0.0714. The molecule has 2 rings (SSSR count). The Morgan fingerprint density at radius 1 is 1.30 bits per heavy atom. The average Bonchev–Trinajstić information content (AvgIpc) is 2.42. The van der Waals surface area contributed by atoms with Crippen molar-refractivity contribution in [2.75, 3.05) is 18.2 Å². The van der Waals surface area contributed by atoms with Crippen LogP contribution in [0.1, 0.15) is 10.4 Å². The van der Waals surface area contributed by atoms with Crippen LogP contribution in [0.4, 0.5) is 11.4 Å². The minimum Gasteiger partial charge on any atom is -0.494 e. The zero-order valence-corrected chi connectivity index (χ0v) is 13.5. The lowest BCUT2D eigenvalue weighted by atomic mass is 10.2. The van der Waals surface area contributed by atoms with E-state index in [-0.39, 0.29) is 5.91 Å². The number of nitrogen functional groups attached to an aromatic ring is 1. The maximum absolute atomic E-state index is 12.2. The molecule has 0 saturated carbocycles. The summed E-state index contributed by atoms with van der Waals surface area (Å²) in [6.45, 7) is 0. The minimum absolute atomic E-state index is 0.258. The highest BCUT2D eigenvalue weighted by atomic mass is 127. The van der Waals surface area contributed by atoms with Crippen molar-refractivity contribution < 1.29 is 9.53 Å². The van der Waals surface area contributed by atoms with Crippen LogP contribution in [0.25, 0.3) is 0 Å². The summed E-state index contributed by atoms with van der Waals surface area (Å²) in [5.74, 6) is 0.167. The largest absolute Gasteiger partial charge is 0.494 e. The van der Waals surface area contributed by atoms with E-state index < -0.39 is 0 Å².